The monoisotopic (exact) mass is 300 g/mol. The summed E-state index contributed by atoms with van der Waals surface area (Å²) in [5.74, 6) is -0.958. The quantitative estimate of drug-likeness (QED) is 0.427. The molecule has 0 aliphatic heterocycles. The highest BCUT2D eigenvalue weighted by molar-refractivity contribution is 5.81. The first-order valence-electron chi connectivity index (χ1n) is 6.74. The van der Waals surface area contributed by atoms with Gasteiger partial charge in [0.25, 0.3) is 0 Å². The third kappa shape index (κ3) is 10.8. The average molecular weight is 300 g/mol. The molecule has 0 saturated heterocycles. The Labute approximate surface area is 125 Å². The van der Waals surface area contributed by atoms with Crippen molar-refractivity contribution >= 4 is 11.9 Å². The summed E-state index contributed by atoms with van der Waals surface area (Å²) in [6.45, 7) is 12.7. The van der Waals surface area contributed by atoms with Crippen LogP contribution in [0.1, 0.15) is 20.8 Å². The summed E-state index contributed by atoms with van der Waals surface area (Å²) in [7, 11) is 0. The first kappa shape index (κ1) is 19.3. The third-order valence-corrected chi connectivity index (χ3v) is 2.34. The maximum absolute atomic E-state index is 11.0. The lowest BCUT2D eigenvalue weighted by Crippen LogP contribution is -2.27. The Hall–Kier alpha value is -1.66. The lowest BCUT2D eigenvalue weighted by Gasteiger charge is -2.19. The average Bonchev–Trinajstić information content (AvgIpc) is 2.47. The SMILES string of the molecule is C=CC(=O)OC[C@@H](C)OC[C@@H](C)OC[C@H](C)OC(=O)C=C. The van der Waals surface area contributed by atoms with Crippen molar-refractivity contribution < 1.29 is 28.5 Å². The van der Waals surface area contributed by atoms with Crippen LogP contribution in [0.15, 0.2) is 25.3 Å². The summed E-state index contributed by atoms with van der Waals surface area (Å²) in [5.41, 5.74) is 0. The Kier molecular flexibility index (Phi) is 10.2. The summed E-state index contributed by atoms with van der Waals surface area (Å²) < 4.78 is 20.8. The van der Waals surface area contributed by atoms with E-state index >= 15 is 0 Å². The molecule has 0 aromatic rings. The molecule has 0 aliphatic carbocycles. The Morgan fingerprint density at radius 2 is 1.33 bits per heavy atom. The van der Waals surface area contributed by atoms with Gasteiger partial charge in [-0.3, -0.25) is 0 Å². The van der Waals surface area contributed by atoms with Crippen LogP contribution in [-0.4, -0.2) is 50.1 Å². The summed E-state index contributed by atoms with van der Waals surface area (Å²) in [6, 6.07) is 0. The predicted molar refractivity (Wildman–Crippen MR) is 77.7 cm³/mol. The van der Waals surface area contributed by atoms with Crippen LogP contribution in [-0.2, 0) is 28.5 Å². The van der Waals surface area contributed by atoms with Crippen LogP contribution in [0, 0.1) is 0 Å². The molecule has 0 spiro atoms. The van der Waals surface area contributed by atoms with Crippen molar-refractivity contribution in [1.82, 2.24) is 0 Å². The van der Waals surface area contributed by atoms with Crippen LogP contribution in [0.4, 0.5) is 0 Å². The molecule has 0 radical (unpaired) electrons. The molecule has 120 valence electrons. The summed E-state index contributed by atoms with van der Waals surface area (Å²) in [6.07, 6.45) is 1.44. The number of hydrogen-bond donors (Lipinski definition) is 0. The molecule has 3 atom stereocenters. The molecule has 0 aromatic heterocycles. The first-order valence-corrected chi connectivity index (χ1v) is 6.74. The number of carbonyl (C=O) groups is 2. The lowest BCUT2D eigenvalue weighted by atomic mass is 10.4. The van der Waals surface area contributed by atoms with Crippen molar-refractivity contribution in [1.29, 1.82) is 0 Å². The maximum Gasteiger partial charge on any atom is 0.330 e. The molecule has 0 heterocycles. The second kappa shape index (κ2) is 11.0. The van der Waals surface area contributed by atoms with Crippen molar-refractivity contribution in [3.63, 3.8) is 0 Å². The zero-order valence-corrected chi connectivity index (χ0v) is 12.9. The molecule has 0 fully saturated rings. The standard InChI is InChI=1S/C15H24O6/c1-6-14(16)20-9-12(4)18-8-11(3)19-10-13(5)21-15(17)7-2/h6-7,11-13H,1-2,8-10H2,3-5H3/t11-,12-,13+/m1/s1. The van der Waals surface area contributed by atoms with E-state index in [1.165, 1.54) is 0 Å². The summed E-state index contributed by atoms with van der Waals surface area (Å²) in [5, 5.41) is 0. The summed E-state index contributed by atoms with van der Waals surface area (Å²) >= 11 is 0. The van der Waals surface area contributed by atoms with E-state index < -0.39 is 11.9 Å². The van der Waals surface area contributed by atoms with Crippen molar-refractivity contribution in [3.8, 4) is 0 Å². The minimum atomic E-state index is -0.479. The molecule has 0 N–H and O–H groups in total. The van der Waals surface area contributed by atoms with Gasteiger partial charge in [-0.2, -0.15) is 0 Å². The maximum atomic E-state index is 11.0. The Bertz CT molecular complexity index is 352. The van der Waals surface area contributed by atoms with E-state index in [1.54, 1.807) is 13.8 Å². The minimum Gasteiger partial charge on any atom is -0.460 e. The van der Waals surface area contributed by atoms with Gasteiger partial charge in [-0.1, -0.05) is 13.2 Å². The number of hydrogen-bond acceptors (Lipinski definition) is 6. The molecule has 0 unspecified atom stereocenters. The fourth-order valence-electron chi connectivity index (χ4n) is 1.23. The number of ether oxygens (including phenoxy) is 4. The highest BCUT2D eigenvalue weighted by atomic mass is 16.6. The van der Waals surface area contributed by atoms with Crippen molar-refractivity contribution in [2.75, 3.05) is 19.8 Å². The van der Waals surface area contributed by atoms with Gasteiger partial charge in [0.1, 0.15) is 12.7 Å². The fraction of sp³-hybridized carbons (Fsp3) is 0.600. The van der Waals surface area contributed by atoms with E-state index in [0.717, 1.165) is 12.2 Å². The largest absolute Gasteiger partial charge is 0.460 e. The molecule has 21 heavy (non-hydrogen) atoms. The number of carbonyl (C=O) groups excluding carboxylic acids is 2. The Balaban J connectivity index is 3.76. The molecular weight excluding hydrogens is 276 g/mol. The highest BCUT2D eigenvalue weighted by Crippen LogP contribution is 2.01. The van der Waals surface area contributed by atoms with Gasteiger partial charge in [0.2, 0.25) is 0 Å². The van der Waals surface area contributed by atoms with Gasteiger partial charge in [0.15, 0.2) is 0 Å². The van der Waals surface area contributed by atoms with Crippen molar-refractivity contribution in [2.24, 2.45) is 0 Å². The molecular formula is C15H24O6. The molecule has 6 nitrogen and oxygen atoms in total. The summed E-state index contributed by atoms with van der Waals surface area (Å²) in [4.78, 5) is 21.8. The Morgan fingerprint density at radius 1 is 0.857 bits per heavy atom. The van der Waals surface area contributed by atoms with Gasteiger partial charge in [-0.05, 0) is 20.8 Å². The van der Waals surface area contributed by atoms with E-state index in [2.05, 4.69) is 13.2 Å². The zero-order valence-electron chi connectivity index (χ0n) is 12.9. The predicted octanol–water partition coefficient (Wildman–Crippen LogP) is 1.64. The van der Waals surface area contributed by atoms with Crippen molar-refractivity contribution in [3.05, 3.63) is 25.3 Å². The lowest BCUT2D eigenvalue weighted by molar-refractivity contribution is -0.148. The number of rotatable bonds is 11. The second-order valence-electron chi connectivity index (χ2n) is 4.57. The van der Waals surface area contributed by atoms with Gasteiger partial charge in [-0.15, -0.1) is 0 Å². The van der Waals surface area contributed by atoms with Gasteiger partial charge >= 0.3 is 11.9 Å². The van der Waals surface area contributed by atoms with E-state index in [1.807, 2.05) is 6.92 Å². The minimum absolute atomic E-state index is 0.158. The highest BCUT2D eigenvalue weighted by Gasteiger charge is 2.12. The topological polar surface area (TPSA) is 71.1 Å². The van der Waals surface area contributed by atoms with Crippen LogP contribution in [0.25, 0.3) is 0 Å². The third-order valence-electron chi connectivity index (χ3n) is 2.34. The molecule has 0 bridgehead atoms. The molecule has 0 aliphatic rings. The molecule has 0 saturated carbocycles. The van der Waals surface area contributed by atoms with E-state index in [0.29, 0.717) is 6.61 Å². The van der Waals surface area contributed by atoms with Gasteiger partial charge < -0.3 is 18.9 Å². The van der Waals surface area contributed by atoms with E-state index in [-0.39, 0.29) is 31.5 Å². The van der Waals surface area contributed by atoms with Crippen LogP contribution in [0.2, 0.25) is 0 Å². The van der Waals surface area contributed by atoms with Gasteiger partial charge in [0.05, 0.1) is 25.4 Å². The van der Waals surface area contributed by atoms with Crippen LogP contribution >= 0.6 is 0 Å². The molecule has 0 amide bonds. The van der Waals surface area contributed by atoms with Crippen molar-refractivity contribution in [2.45, 2.75) is 39.1 Å². The van der Waals surface area contributed by atoms with E-state index in [4.69, 9.17) is 18.9 Å². The smallest absolute Gasteiger partial charge is 0.330 e. The normalized spacial score (nSPS) is 14.6. The van der Waals surface area contributed by atoms with E-state index in [9.17, 15) is 9.59 Å². The second-order valence-corrected chi connectivity index (χ2v) is 4.57. The zero-order chi connectivity index (χ0) is 16.3. The van der Waals surface area contributed by atoms with Crippen LogP contribution in [0.5, 0.6) is 0 Å². The fourth-order valence-corrected chi connectivity index (χ4v) is 1.23. The number of esters is 2. The van der Waals surface area contributed by atoms with Crippen LogP contribution < -0.4 is 0 Å². The molecule has 6 heteroatoms. The first-order chi connectivity index (χ1) is 9.88. The van der Waals surface area contributed by atoms with Gasteiger partial charge in [0, 0.05) is 12.2 Å². The molecule has 0 aromatic carbocycles. The molecule has 0 rings (SSSR count). The van der Waals surface area contributed by atoms with Crippen LogP contribution in [0.3, 0.4) is 0 Å². The Morgan fingerprint density at radius 3 is 1.86 bits per heavy atom. The van der Waals surface area contributed by atoms with Gasteiger partial charge in [-0.25, -0.2) is 9.59 Å².